The van der Waals surface area contributed by atoms with Crippen LogP contribution in [-0.4, -0.2) is 23.6 Å². The third-order valence-electron chi connectivity index (χ3n) is 4.25. The lowest BCUT2D eigenvalue weighted by atomic mass is 9.93. The fourth-order valence-electron chi connectivity index (χ4n) is 2.57. The number of ketones is 1. The standard InChI is InChI=1S/C21H20F5NO2/c1-13(2)15-4-6-16(7-5-15)21(25,26)19(28)10-14(3)18-9-8-17(11-27-18)29-12-20(22,23)24/h4-9,11,14H,1,10,12H2,2-3H3/t14-/m0/s1. The highest BCUT2D eigenvalue weighted by atomic mass is 19.4. The fraction of sp³-hybridized carbons (Fsp3) is 0.333. The van der Waals surface area contributed by atoms with E-state index in [1.807, 2.05) is 0 Å². The molecule has 156 valence electrons. The summed E-state index contributed by atoms with van der Waals surface area (Å²) in [4.78, 5) is 16.1. The van der Waals surface area contributed by atoms with Gasteiger partial charge in [-0.25, -0.2) is 0 Å². The summed E-state index contributed by atoms with van der Waals surface area (Å²) in [6.07, 6.45) is -3.89. The van der Waals surface area contributed by atoms with Gasteiger partial charge in [0.25, 0.3) is 0 Å². The predicted octanol–water partition coefficient (Wildman–Crippen LogP) is 5.91. The quantitative estimate of drug-likeness (QED) is 0.505. The zero-order chi connectivity index (χ0) is 21.8. The van der Waals surface area contributed by atoms with Gasteiger partial charge >= 0.3 is 12.1 Å². The second-order valence-corrected chi connectivity index (χ2v) is 6.78. The number of pyridine rings is 1. The Balaban J connectivity index is 2.04. The lowest BCUT2D eigenvalue weighted by Crippen LogP contribution is -2.27. The van der Waals surface area contributed by atoms with Crippen LogP contribution in [0.3, 0.4) is 0 Å². The van der Waals surface area contributed by atoms with Crippen molar-refractivity contribution in [3.05, 3.63) is 66.0 Å². The summed E-state index contributed by atoms with van der Waals surface area (Å²) in [6.45, 7) is 5.55. The summed E-state index contributed by atoms with van der Waals surface area (Å²) in [6, 6.07) is 7.94. The van der Waals surface area contributed by atoms with Crippen LogP contribution in [0.15, 0.2) is 49.2 Å². The lowest BCUT2D eigenvalue weighted by Gasteiger charge is -2.18. The molecule has 0 aliphatic rings. The van der Waals surface area contributed by atoms with Crippen molar-refractivity contribution >= 4 is 11.4 Å². The molecule has 0 aliphatic heterocycles. The van der Waals surface area contributed by atoms with Gasteiger partial charge in [-0.3, -0.25) is 9.78 Å². The summed E-state index contributed by atoms with van der Waals surface area (Å²) < 4.78 is 70.0. The van der Waals surface area contributed by atoms with E-state index in [1.165, 1.54) is 43.3 Å². The third kappa shape index (κ3) is 6.10. The maximum atomic E-state index is 14.5. The van der Waals surface area contributed by atoms with Crippen LogP contribution in [0, 0.1) is 0 Å². The maximum absolute atomic E-state index is 14.5. The number of rotatable bonds is 8. The number of hydrogen-bond acceptors (Lipinski definition) is 3. The van der Waals surface area contributed by atoms with Gasteiger partial charge in [0.1, 0.15) is 5.75 Å². The number of nitrogens with zero attached hydrogens (tertiary/aromatic N) is 1. The number of carbonyl (C=O) groups excluding carboxylic acids is 1. The van der Waals surface area contributed by atoms with Crippen LogP contribution in [0.25, 0.3) is 5.57 Å². The zero-order valence-electron chi connectivity index (χ0n) is 15.9. The van der Waals surface area contributed by atoms with Gasteiger partial charge in [0, 0.05) is 23.6 Å². The van der Waals surface area contributed by atoms with E-state index in [4.69, 9.17) is 0 Å². The molecule has 1 heterocycles. The second kappa shape index (κ2) is 8.71. The molecule has 0 saturated heterocycles. The number of Topliss-reactive ketones (excluding diaryl/α,β-unsaturated/α-hetero) is 1. The molecule has 0 radical (unpaired) electrons. The SMILES string of the molecule is C=C(C)c1ccc(C(F)(F)C(=O)C[C@H](C)c2ccc(OCC(F)(F)F)cn2)cc1. The Labute approximate surface area is 165 Å². The van der Waals surface area contributed by atoms with Crippen molar-refractivity contribution in [2.75, 3.05) is 6.61 Å². The van der Waals surface area contributed by atoms with Crippen molar-refractivity contribution in [3.8, 4) is 5.75 Å². The summed E-state index contributed by atoms with van der Waals surface area (Å²) in [7, 11) is 0. The summed E-state index contributed by atoms with van der Waals surface area (Å²) in [5.41, 5.74) is 1.30. The molecular formula is C21H20F5NO2. The number of benzene rings is 1. The predicted molar refractivity (Wildman–Crippen MR) is 98.9 cm³/mol. The third-order valence-corrected chi connectivity index (χ3v) is 4.25. The van der Waals surface area contributed by atoms with Crippen LogP contribution in [-0.2, 0) is 10.7 Å². The van der Waals surface area contributed by atoms with Gasteiger partial charge < -0.3 is 4.74 Å². The minimum atomic E-state index is -4.48. The van der Waals surface area contributed by atoms with Gasteiger partial charge in [-0.05, 0) is 24.6 Å². The average Bonchev–Trinajstić information content (AvgIpc) is 2.66. The van der Waals surface area contributed by atoms with Gasteiger partial charge in [-0.15, -0.1) is 0 Å². The minimum Gasteiger partial charge on any atom is -0.483 e. The lowest BCUT2D eigenvalue weighted by molar-refractivity contribution is -0.153. The van der Waals surface area contributed by atoms with Crippen LogP contribution in [0.1, 0.15) is 43.0 Å². The van der Waals surface area contributed by atoms with Gasteiger partial charge in [0.05, 0.1) is 6.20 Å². The molecule has 1 aromatic heterocycles. The molecule has 2 rings (SSSR count). The van der Waals surface area contributed by atoms with Gasteiger partial charge in [-0.1, -0.05) is 43.3 Å². The Morgan fingerprint density at radius 1 is 1.10 bits per heavy atom. The molecule has 0 aliphatic carbocycles. The molecule has 8 heteroatoms. The molecule has 3 nitrogen and oxygen atoms in total. The Morgan fingerprint density at radius 3 is 2.21 bits per heavy atom. The summed E-state index contributed by atoms with van der Waals surface area (Å²) in [5, 5.41) is 0. The molecule has 2 aromatic rings. The topological polar surface area (TPSA) is 39.2 Å². The van der Waals surface area contributed by atoms with Crippen molar-refractivity contribution in [1.82, 2.24) is 4.98 Å². The Kier molecular flexibility index (Phi) is 6.77. The summed E-state index contributed by atoms with van der Waals surface area (Å²) >= 11 is 0. The van der Waals surface area contributed by atoms with Crippen molar-refractivity contribution in [1.29, 1.82) is 0 Å². The van der Waals surface area contributed by atoms with Crippen LogP contribution >= 0.6 is 0 Å². The second-order valence-electron chi connectivity index (χ2n) is 6.78. The first-order valence-electron chi connectivity index (χ1n) is 8.73. The first kappa shape index (κ1) is 22.5. The average molecular weight is 413 g/mol. The van der Waals surface area contributed by atoms with Crippen LogP contribution in [0.2, 0.25) is 0 Å². The van der Waals surface area contributed by atoms with E-state index in [9.17, 15) is 26.7 Å². The molecule has 0 N–H and O–H groups in total. The van der Waals surface area contributed by atoms with Crippen LogP contribution in [0.4, 0.5) is 22.0 Å². The highest BCUT2D eigenvalue weighted by molar-refractivity contribution is 5.87. The first-order chi connectivity index (χ1) is 13.4. The van der Waals surface area contributed by atoms with Gasteiger partial charge in [0.2, 0.25) is 5.78 Å². The molecule has 0 bridgehead atoms. The first-order valence-corrected chi connectivity index (χ1v) is 8.73. The number of allylic oxidation sites excluding steroid dienone is 1. The highest BCUT2D eigenvalue weighted by Gasteiger charge is 2.41. The molecule has 1 aromatic carbocycles. The number of hydrogen-bond donors (Lipinski definition) is 0. The minimum absolute atomic E-state index is 0.104. The van der Waals surface area contributed by atoms with Gasteiger partial charge in [0.15, 0.2) is 6.61 Å². The van der Waals surface area contributed by atoms with Gasteiger partial charge in [-0.2, -0.15) is 22.0 Å². The smallest absolute Gasteiger partial charge is 0.422 e. The molecule has 0 saturated carbocycles. The Morgan fingerprint density at radius 2 is 1.72 bits per heavy atom. The van der Waals surface area contributed by atoms with E-state index < -0.39 is 42.4 Å². The summed E-state index contributed by atoms with van der Waals surface area (Å²) in [5.74, 6) is -5.70. The molecular weight excluding hydrogens is 393 g/mol. The van der Waals surface area contributed by atoms with E-state index in [0.29, 0.717) is 16.8 Å². The van der Waals surface area contributed by atoms with Crippen molar-refractivity contribution in [2.24, 2.45) is 0 Å². The fourth-order valence-corrected chi connectivity index (χ4v) is 2.57. The monoisotopic (exact) mass is 413 g/mol. The van der Waals surface area contributed by atoms with Crippen molar-refractivity contribution in [3.63, 3.8) is 0 Å². The molecule has 1 atom stereocenters. The number of aromatic nitrogens is 1. The van der Waals surface area contributed by atoms with Crippen molar-refractivity contribution < 1.29 is 31.5 Å². The molecule has 0 fully saturated rings. The van der Waals surface area contributed by atoms with E-state index in [1.54, 1.807) is 6.92 Å². The van der Waals surface area contributed by atoms with Crippen LogP contribution < -0.4 is 4.74 Å². The number of ether oxygens (including phenoxy) is 1. The van der Waals surface area contributed by atoms with E-state index in [-0.39, 0.29) is 5.75 Å². The molecule has 29 heavy (non-hydrogen) atoms. The van der Waals surface area contributed by atoms with E-state index in [2.05, 4.69) is 16.3 Å². The highest BCUT2D eigenvalue weighted by Crippen LogP contribution is 2.34. The molecule has 0 spiro atoms. The normalized spacial score (nSPS) is 13.1. The van der Waals surface area contributed by atoms with E-state index in [0.717, 1.165) is 6.20 Å². The number of halogens is 5. The Bertz CT molecular complexity index is 858. The zero-order valence-corrected chi connectivity index (χ0v) is 15.9. The maximum Gasteiger partial charge on any atom is 0.422 e. The Hall–Kier alpha value is -2.77. The van der Waals surface area contributed by atoms with Crippen LogP contribution in [0.5, 0.6) is 5.75 Å². The van der Waals surface area contributed by atoms with E-state index >= 15 is 0 Å². The molecule has 0 amide bonds. The number of carbonyl (C=O) groups is 1. The van der Waals surface area contributed by atoms with Crippen molar-refractivity contribution in [2.45, 2.75) is 38.3 Å². The largest absolute Gasteiger partial charge is 0.483 e. The number of alkyl halides is 5. The molecule has 0 unspecified atom stereocenters.